The SMILES string of the molecule is CC[C@H](Oc1ccc(C)c(C)c1)C(=O)Nc1cc(C(=O)OC)ccc1Cl. The van der Waals surface area contributed by atoms with Gasteiger partial charge in [0.2, 0.25) is 0 Å². The van der Waals surface area contributed by atoms with Crippen molar-refractivity contribution < 1.29 is 19.1 Å². The lowest BCUT2D eigenvalue weighted by Gasteiger charge is -2.18. The fraction of sp³-hybridized carbons (Fsp3) is 0.300. The molecular weight excluding hydrogens is 354 g/mol. The molecule has 0 fully saturated rings. The maximum absolute atomic E-state index is 12.6. The van der Waals surface area contributed by atoms with Crippen LogP contribution in [-0.2, 0) is 9.53 Å². The predicted molar refractivity (Wildman–Crippen MR) is 102 cm³/mol. The van der Waals surface area contributed by atoms with E-state index in [9.17, 15) is 9.59 Å². The first-order valence-corrected chi connectivity index (χ1v) is 8.66. The number of methoxy groups -OCH3 is 1. The third kappa shape index (κ3) is 4.76. The second-order valence-corrected chi connectivity index (χ2v) is 6.34. The summed E-state index contributed by atoms with van der Waals surface area (Å²) < 4.78 is 10.5. The normalized spacial score (nSPS) is 11.6. The van der Waals surface area contributed by atoms with E-state index in [-0.39, 0.29) is 5.91 Å². The lowest BCUT2D eigenvalue weighted by Crippen LogP contribution is -2.32. The zero-order valence-corrected chi connectivity index (χ0v) is 16.0. The Morgan fingerprint density at radius 1 is 1.12 bits per heavy atom. The van der Waals surface area contributed by atoms with E-state index in [0.717, 1.165) is 11.1 Å². The van der Waals surface area contributed by atoms with Crippen molar-refractivity contribution in [2.24, 2.45) is 0 Å². The number of anilines is 1. The van der Waals surface area contributed by atoms with Gasteiger partial charge < -0.3 is 14.8 Å². The van der Waals surface area contributed by atoms with E-state index >= 15 is 0 Å². The van der Waals surface area contributed by atoms with Crippen molar-refractivity contribution in [3.05, 3.63) is 58.1 Å². The first-order valence-electron chi connectivity index (χ1n) is 8.28. The van der Waals surface area contributed by atoms with Gasteiger partial charge >= 0.3 is 5.97 Å². The third-order valence-electron chi connectivity index (χ3n) is 4.07. The molecule has 0 aliphatic rings. The molecule has 2 aromatic carbocycles. The van der Waals surface area contributed by atoms with Crippen LogP contribution in [-0.4, -0.2) is 25.1 Å². The third-order valence-corrected chi connectivity index (χ3v) is 4.39. The molecule has 26 heavy (non-hydrogen) atoms. The van der Waals surface area contributed by atoms with Crippen molar-refractivity contribution in [3.63, 3.8) is 0 Å². The number of benzene rings is 2. The molecule has 0 aliphatic carbocycles. The monoisotopic (exact) mass is 375 g/mol. The van der Waals surface area contributed by atoms with E-state index in [1.807, 2.05) is 39.0 Å². The second-order valence-electron chi connectivity index (χ2n) is 5.94. The number of hydrogen-bond donors (Lipinski definition) is 1. The number of halogens is 1. The molecule has 0 bridgehead atoms. The van der Waals surface area contributed by atoms with Crippen LogP contribution >= 0.6 is 11.6 Å². The van der Waals surface area contributed by atoms with Crippen molar-refractivity contribution in [3.8, 4) is 5.75 Å². The summed E-state index contributed by atoms with van der Waals surface area (Å²) >= 11 is 6.13. The summed E-state index contributed by atoms with van der Waals surface area (Å²) in [4.78, 5) is 24.2. The van der Waals surface area contributed by atoms with Gasteiger partial charge in [-0.3, -0.25) is 4.79 Å². The highest BCUT2D eigenvalue weighted by molar-refractivity contribution is 6.33. The van der Waals surface area contributed by atoms with Crippen molar-refractivity contribution >= 4 is 29.2 Å². The van der Waals surface area contributed by atoms with Crippen LogP contribution < -0.4 is 10.1 Å². The van der Waals surface area contributed by atoms with Crippen LogP contribution in [0, 0.1) is 13.8 Å². The largest absolute Gasteiger partial charge is 0.481 e. The van der Waals surface area contributed by atoms with Gasteiger partial charge in [0.1, 0.15) is 5.75 Å². The molecule has 0 aliphatic heterocycles. The Morgan fingerprint density at radius 3 is 2.46 bits per heavy atom. The van der Waals surface area contributed by atoms with Gasteiger partial charge in [0.25, 0.3) is 5.91 Å². The summed E-state index contributed by atoms with van der Waals surface area (Å²) in [5.41, 5.74) is 2.88. The minimum atomic E-state index is -0.685. The number of nitrogens with one attached hydrogen (secondary N) is 1. The molecule has 138 valence electrons. The number of carbonyl (C=O) groups is 2. The number of aryl methyl sites for hydroxylation is 2. The van der Waals surface area contributed by atoms with Crippen LogP contribution in [0.1, 0.15) is 34.8 Å². The smallest absolute Gasteiger partial charge is 0.337 e. The maximum Gasteiger partial charge on any atom is 0.337 e. The molecule has 0 unspecified atom stereocenters. The Morgan fingerprint density at radius 2 is 1.85 bits per heavy atom. The minimum Gasteiger partial charge on any atom is -0.481 e. The fourth-order valence-corrected chi connectivity index (χ4v) is 2.52. The van der Waals surface area contributed by atoms with Gasteiger partial charge in [0.15, 0.2) is 6.10 Å². The lowest BCUT2D eigenvalue weighted by molar-refractivity contribution is -0.122. The average Bonchev–Trinajstić information content (AvgIpc) is 2.63. The molecule has 1 atom stereocenters. The van der Waals surface area contributed by atoms with Crippen molar-refractivity contribution in [2.45, 2.75) is 33.3 Å². The molecule has 0 saturated carbocycles. The first kappa shape index (κ1) is 19.8. The Kier molecular flexibility index (Phi) is 6.64. The summed E-state index contributed by atoms with van der Waals surface area (Å²) in [7, 11) is 1.29. The number of carbonyl (C=O) groups excluding carboxylic acids is 2. The van der Waals surface area contributed by atoms with E-state index in [1.165, 1.54) is 25.3 Å². The number of ether oxygens (including phenoxy) is 2. The molecule has 0 aromatic heterocycles. The summed E-state index contributed by atoms with van der Waals surface area (Å²) in [6.07, 6.45) is -0.206. The van der Waals surface area contributed by atoms with Crippen LogP contribution in [0.4, 0.5) is 5.69 Å². The summed E-state index contributed by atoms with van der Waals surface area (Å²) in [5.74, 6) is -0.213. The summed E-state index contributed by atoms with van der Waals surface area (Å²) in [6.45, 7) is 5.86. The van der Waals surface area contributed by atoms with Gasteiger partial charge in [-0.25, -0.2) is 4.79 Å². The standard InChI is InChI=1S/C20H22ClNO4/c1-5-18(26-15-8-6-12(2)13(3)10-15)19(23)22-17-11-14(20(24)25-4)7-9-16(17)21/h6-11,18H,5H2,1-4H3,(H,22,23)/t18-/m0/s1. The zero-order valence-electron chi connectivity index (χ0n) is 15.3. The van der Waals surface area contributed by atoms with Gasteiger partial charge in [0.05, 0.1) is 23.4 Å². The average molecular weight is 376 g/mol. The molecule has 5 nitrogen and oxygen atoms in total. The Bertz CT molecular complexity index is 819. The van der Waals surface area contributed by atoms with E-state index < -0.39 is 12.1 Å². The Balaban J connectivity index is 2.16. The first-order chi connectivity index (χ1) is 12.3. The minimum absolute atomic E-state index is 0.301. The van der Waals surface area contributed by atoms with Gasteiger partial charge in [-0.1, -0.05) is 24.6 Å². The van der Waals surface area contributed by atoms with Gasteiger partial charge in [0, 0.05) is 0 Å². The quantitative estimate of drug-likeness (QED) is 0.753. The predicted octanol–water partition coefficient (Wildman–Crippen LogP) is 4.54. The molecule has 0 radical (unpaired) electrons. The fourth-order valence-electron chi connectivity index (χ4n) is 2.35. The van der Waals surface area contributed by atoms with Crippen LogP contribution in [0.25, 0.3) is 0 Å². The molecule has 0 saturated heterocycles. The number of hydrogen-bond acceptors (Lipinski definition) is 4. The number of amides is 1. The van der Waals surface area contributed by atoms with Crippen LogP contribution in [0.2, 0.25) is 5.02 Å². The highest BCUT2D eigenvalue weighted by Gasteiger charge is 2.20. The van der Waals surface area contributed by atoms with E-state index in [0.29, 0.717) is 28.4 Å². The maximum atomic E-state index is 12.6. The summed E-state index contributed by atoms with van der Waals surface area (Å²) in [5, 5.41) is 3.05. The Labute approximate surface area is 158 Å². The van der Waals surface area contributed by atoms with Gasteiger partial charge in [-0.15, -0.1) is 0 Å². The molecular formula is C20H22ClNO4. The van der Waals surface area contributed by atoms with Crippen LogP contribution in [0.15, 0.2) is 36.4 Å². The van der Waals surface area contributed by atoms with Crippen molar-refractivity contribution in [1.29, 1.82) is 0 Å². The molecule has 2 rings (SSSR count). The summed E-state index contributed by atoms with van der Waals surface area (Å²) in [6, 6.07) is 10.2. The lowest BCUT2D eigenvalue weighted by atomic mass is 10.1. The van der Waals surface area contributed by atoms with Crippen molar-refractivity contribution in [1.82, 2.24) is 0 Å². The van der Waals surface area contributed by atoms with Gasteiger partial charge in [-0.2, -0.15) is 0 Å². The van der Waals surface area contributed by atoms with Crippen molar-refractivity contribution in [2.75, 3.05) is 12.4 Å². The zero-order chi connectivity index (χ0) is 19.3. The number of esters is 1. The van der Waals surface area contributed by atoms with Gasteiger partial charge in [-0.05, 0) is 61.7 Å². The molecule has 0 heterocycles. The Hall–Kier alpha value is -2.53. The molecule has 2 aromatic rings. The highest BCUT2D eigenvalue weighted by Crippen LogP contribution is 2.25. The topological polar surface area (TPSA) is 64.6 Å². The highest BCUT2D eigenvalue weighted by atomic mass is 35.5. The van der Waals surface area contributed by atoms with E-state index in [1.54, 1.807) is 0 Å². The molecule has 0 spiro atoms. The molecule has 6 heteroatoms. The molecule has 1 amide bonds. The number of rotatable bonds is 6. The molecule has 1 N–H and O–H groups in total. The van der Waals surface area contributed by atoms with E-state index in [4.69, 9.17) is 16.3 Å². The van der Waals surface area contributed by atoms with Crippen LogP contribution in [0.5, 0.6) is 5.75 Å². The van der Waals surface area contributed by atoms with E-state index in [2.05, 4.69) is 10.1 Å². The van der Waals surface area contributed by atoms with Crippen LogP contribution in [0.3, 0.4) is 0 Å². The second kappa shape index (κ2) is 8.72.